The number of anilines is 1. The van der Waals surface area contributed by atoms with Crippen molar-refractivity contribution in [2.75, 3.05) is 12.4 Å². The number of hydrogen-bond donors (Lipinski definition) is 2. The van der Waals surface area contributed by atoms with Crippen LogP contribution < -0.4 is 15.4 Å². The van der Waals surface area contributed by atoms with Gasteiger partial charge in [-0.15, -0.1) is 0 Å². The second-order valence-electron chi connectivity index (χ2n) is 12.6. The second kappa shape index (κ2) is 11.2. The molecule has 2 aromatic carbocycles. The third-order valence-electron chi connectivity index (χ3n) is 9.74. The molecule has 0 aromatic heterocycles. The molecule has 8 nitrogen and oxygen atoms in total. The quantitative estimate of drug-likeness (QED) is 0.444. The highest BCUT2D eigenvalue weighted by Gasteiger charge is 2.72. The van der Waals surface area contributed by atoms with Crippen LogP contribution in [0.15, 0.2) is 60.7 Å². The number of amides is 3. The molecule has 1 aliphatic carbocycles. The summed E-state index contributed by atoms with van der Waals surface area (Å²) < 4.78 is 12.1. The molecule has 5 unspecified atom stereocenters. The Morgan fingerprint density at radius 3 is 2.52 bits per heavy atom. The van der Waals surface area contributed by atoms with E-state index in [0.717, 1.165) is 31.2 Å². The third kappa shape index (κ3) is 4.79. The number of fused-ring (bicyclic) bond motifs is 1. The molecule has 2 aromatic rings. The van der Waals surface area contributed by atoms with Gasteiger partial charge in [-0.2, -0.15) is 0 Å². The van der Waals surface area contributed by atoms with Crippen LogP contribution >= 0.6 is 0 Å². The first-order valence-corrected chi connectivity index (χ1v) is 15.2. The van der Waals surface area contributed by atoms with E-state index >= 15 is 0 Å². The molecule has 3 aliphatic heterocycles. The van der Waals surface area contributed by atoms with E-state index in [0.29, 0.717) is 23.3 Å². The summed E-state index contributed by atoms with van der Waals surface area (Å²) in [5, 5.41) is 6.30. The molecule has 2 bridgehead atoms. The van der Waals surface area contributed by atoms with E-state index in [1.54, 1.807) is 12.0 Å². The molecule has 2 saturated heterocycles. The Morgan fingerprint density at radius 1 is 1.07 bits per heavy atom. The van der Waals surface area contributed by atoms with Crippen LogP contribution in [0.3, 0.4) is 0 Å². The van der Waals surface area contributed by atoms with Gasteiger partial charge >= 0.3 is 0 Å². The normalized spacial score (nSPS) is 31.4. The van der Waals surface area contributed by atoms with Gasteiger partial charge in [-0.25, -0.2) is 0 Å². The Bertz CT molecular complexity index is 1390. The lowest BCUT2D eigenvalue weighted by Crippen LogP contribution is -2.57. The molecule has 42 heavy (non-hydrogen) atoms. The number of rotatable bonds is 8. The summed E-state index contributed by atoms with van der Waals surface area (Å²) in [7, 11) is 1.59. The molecular weight excluding hydrogens is 530 g/mol. The van der Waals surface area contributed by atoms with Crippen molar-refractivity contribution in [3.8, 4) is 5.75 Å². The number of carbonyl (C=O) groups excluding carboxylic acids is 3. The van der Waals surface area contributed by atoms with Crippen molar-refractivity contribution < 1.29 is 23.9 Å². The SMILES string of the molecule is COc1ccccc1CN1C(=O)[C@H]2C(C(=O)Nc3ccc(C(C)C)cc3)[C@H]3C=CC2(O3)C1C(=O)NC1CCCCC1C. The van der Waals surface area contributed by atoms with E-state index in [1.165, 1.54) is 5.56 Å². The molecule has 1 saturated carbocycles. The van der Waals surface area contributed by atoms with Crippen molar-refractivity contribution in [3.05, 3.63) is 71.8 Å². The third-order valence-corrected chi connectivity index (χ3v) is 9.74. The summed E-state index contributed by atoms with van der Waals surface area (Å²) in [5.41, 5.74) is 1.42. The van der Waals surface area contributed by atoms with Crippen molar-refractivity contribution in [2.24, 2.45) is 17.8 Å². The van der Waals surface area contributed by atoms with Gasteiger partial charge in [0.1, 0.15) is 17.4 Å². The Hall–Kier alpha value is -3.65. The predicted octanol–water partition coefficient (Wildman–Crippen LogP) is 4.80. The number of nitrogens with one attached hydrogen (secondary N) is 2. The average molecular weight is 572 g/mol. The van der Waals surface area contributed by atoms with Gasteiger partial charge in [0.15, 0.2) is 0 Å². The lowest BCUT2D eigenvalue weighted by atomic mass is 9.74. The zero-order valence-corrected chi connectivity index (χ0v) is 24.8. The molecule has 0 radical (unpaired) electrons. The first-order valence-electron chi connectivity index (χ1n) is 15.2. The lowest BCUT2D eigenvalue weighted by molar-refractivity contribution is -0.142. The van der Waals surface area contributed by atoms with Crippen LogP contribution in [0.1, 0.15) is 63.5 Å². The second-order valence-corrected chi connectivity index (χ2v) is 12.6. The topological polar surface area (TPSA) is 97.0 Å². The Morgan fingerprint density at radius 2 is 1.81 bits per heavy atom. The molecular formula is C34H41N3O5. The van der Waals surface area contributed by atoms with E-state index < -0.39 is 29.6 Å². The number of carbonyl (C=O) groups is 3. The maximum atomic E-state index is 14.3. The van der Waals surface area contributed by atoms with E-state index in [4.69, 9.17) is 9.47 Å². The zero-order valence-electron chi connectivity index (χ0n) is 24.8. The molecule has 222 valence electrons. The molecule has 6 rings (SSSR count). The van der Waals surface area contributed by atoms with Crippen LogP contribution in [0.4, 0.5) is 5.69 Å². The van der Waals surface area contributed by atoms with Gasteiger partial charge in [-0.1, -0.05) is 76.1 Å². The smallest absolute Gasteiger partial charge is 0.246 e. The maximum Gasteiger partial charge on any atom is 0.246 e. The average Bonchev–Trinajstić information content (AvgIpc) is 3.62. The summed E-state index contributed by atoms with van der Waals surface area (Å²) in [6.45, 7) is 6.58. The Balaban J connectivity index is 1.32. The molecule has 4 aliphatic rings. The number of benzene rings is 2. The summed E-state index contributed by atoms with van der Waals surface area (Å²) in [6.07, 6.45) is 7.33. The number of methoxy groups -OCH3 is 1. The minimum absolute atomic E-state index is 0.0420. The van der Waals surface area contributed by atoms with Crippen molar-refractivity contribution in [2.45, 2.75) is 82.7 Å². The molecule has 7 atom stereocenters. The van der Waals surface area contributed by atoms with Crippen LogP contribution in [0.2, 0.25) is 0 Å². The van der Waals surface area contributed by atoms with Crippen LogP contribution in [0.5, 0.6) is 5.75 Å². The monoisotopic (exact) mass is 571 g/mol. The van der Waals surface area contributed by atoms with Crippen LogP contribution in [-0.4, -0.2) is 53.5 Å². The highest BCUT2D eigenvalue weighted by molar-refractivity contribution is 6.02. The van der Waals surface area contributed by atoms with Gasteiger partial charge in [-0.05, 0) is 48.4 Å². The fourth-order valence-corrected chi connectivity index (χ4v) is 7.42. The molecule has 8 heteroatoms. The van der Waals surface area contributed by atoms with Gasteiger partial charge < -0.3 is 25.0 Å². The van der Waals surface area contributed by atoms with Gasteiger partial charge in [0.05, 0.1) is 31.6 Å². The first-order chi connectivity index (χ1) is 20.2. The van der Waals surface area contributed by atoms with E-state index in [2.05, 4.69) is 31.4 Å². The van der Waals surface area contributed by atoms with E-state index in [9.17, 15) is 14.4 Å². The standard InChI is InChI=1S/C34H41N3O5/c1-20(2)22-13-15-24(16-14-22)35-31(38)28-27-17-18-34(42-27)29(28)33(40)37(19-23-10-6-8-12-26(23)41-4)30(34)32(39)36-25-11-7-5-9-21(25)3/h6,8,10,12-18,20-21,25,27-30H,5,7,9,11,19H2,1-4H3,(H,35,38)(H,36,39)/t21?,25?,27-,28?,29-,30?,34?/m1/s1. The number of para-hydroxylation sites is 1. The number of likely N-dealkylation sites (tertiary alicyclic amines) is 1. The molecule has 3 amide bonds. The van der Waals surface area contributed by atoms with Crippen LogP contribution in [0.25, 0.3) is 0 Å². The number of hydrogen-bond acceptors (Lipinski definition) is 5. The van der Waals surface area contributed by atoms with E-state index in [1.807, 2.05) is 60.7 Å². The summed E-state index contributed by atoms with van der Waals surface area (Å²) in [5.74, 6) is -0.942. The largest absolute Gasteiger partial charge is 0.496 e. The summed E-state index contributed by atoms with van der Waals surface area (Å²) >= 11 is 0. The van der Waals surface area contributed by atoms with Gasteiger partial charge in [-0.3, -0.25) is 14.4 Å². The van der Waals surface area contributed by atoms with Crippen molar-refractivity contribution in [1.82, 2.24) is 10.2 Å². The zero-order chi connectivity index (χ0) is 29.6. The minimum atomic E-state index is -1.21. The summed E-state index contributed by atoms with van der Waals surface area (Å²) in [6, 6.07) is 14.4. The Kier molecular flexibility index (Phi) is 7.60. The highest BCUT2D eigenvalue weighted by Crippen LogP contribution is 2.55. The van der Waals surface area contributed by atoms with Gasteiger partial charge in [0.25, 0.3) is 0 Å². The van der Waals surface area contributed by atoms with Crippen molar-refractivity contribution in [1.29, 1.82) is 0 Å². The fraction of sp³-hybridized carbons (Fsp3) is 0.500. The maximum absolute atomic E-state index is 14.3. The van der Waals surface area contributed by atoms with Crippen LogP contribution in [-0.2, 0) is 25.7 Å². The molecule has 1 spiro atoms. The van der Waals surface area contributed by atoms with E-state index in [-0.39, 0.29) is 30.3 Å². The highest BCUT2D eigenvalue weighted by atomic mass is 16.5. The number of nitrogens with zero attached hydrogens (tertiary/aromatic N) is 1. The fourth-order valence-electron chi connectivity index (χ4n) is 7.42. The van der Waals surface area contributed by atoms with Crippen molar-refractivity contribution >= 4 is 23.4 Å². The minimum Gasteiger partial charge on any atom is -0.496 e. The lowest BCUT2D eigenvalue weighted by Gasteiger charge is -2.36. The summed E-state index contributed by atoms with van der Waals surface area (Å²) in [4.78, 5) is 43.9. The van der Waals surface area contributed by atoms with Crippen LogP contribution in [0, 0.1) is 17.8 Å². The molecule has 3 heterocycles. The predicted molar refractivity (Wildman–Crippen MR) is 160 cm³/mol. The van der Waals surface area contributed by atoms with Gasteiger partial charge in [0, 0.05) is 17.3 Å². The van der Waals surface area contributed by atoms with Crippen molar-refractivity contribution in [3.63, 3.8) is 0 Å². The Labute approximate surface area is 247 Å². The molecule has 3 fully saturated rings. The number of ether oxygens (including phenoxy) is 2. The molecule has 2 N–H and O–H groups in total. The van der Waals surface area contributed by atoms with Gasteiger partial charge in [0.2, 0.25) is 17.7 Å². The first kappa shape index (κ1) is 28.5.